The molecule has 1 saturated carbocycles. The highest BCUT2D eigenvalue weighted by Crippen LogP contribution is 2.29. The number of amides is 2. The van der Waals surface area contributed by atoms with Gasteiger partial charge in [-0.2, -0.15) is 0 Å². The van der Waals surface area contributed by atoms with Gasteiger partial charge in [0.15, 0.2) is 0 Å². The summed E-state index contributed by atoms with van der Waals surface area (Å²) in [5, 5.41) is 11.8. The van der Waals surface area contributed by atoms with Crippen LogP contribution in [0.1, 0.15) is 26.2 Å². The van der Waals surface area contributed by atoms with Crippen molar-refractivity contribution in [3.8, 4) is 0 Å². The maximum atomic E-state index is 11.8. The van der Waals surface area contributed by atoms with Gasteiger partial charge in [-0.1, -0.05) is 12.5 Å². The van der Waals surface area contributed by atoms with Crippen molar-refractivity contribution in [3.63, 3.8) is 0 Å². The molecule has 92 valence electrons. The van der Waals surface area contributed by atoms with Gasteiger partial charge in [0, 0.05) is 19.1 Å². The second kappa shape index (κ2) is 6.53. The highest BCUT2D eigenvalue weighted by molar-refractivity contribution is 5.74. The van der Waals surface area contributed by atoms with Gasteiger partial charge < -0.3 is 15.3 Å². The molecule has 0 heterocycles. The molecule has 2 N–H and O–H groups in total. The summed E-state index contributed by atoms with van der Waals surface area (Å²) in [6.07, 6.45) is 5.37. The zero-order chi connectivity index (χ0) is 12.0. The molecule has 1 aliphatic carbocycles. The fourth-order valence-electron chi connectivity index (χ4n) is 1.90. The van der Waals surface area contributed by atoms with Crippen molar-refractivity contribution < 1.29 is 9.90 Å². The molecule has 1 aliphatic rings. The number of aliphatic hydroxyl groups is 1. The van der Waals surface area contributed by atoms with Crippen LogP contribution in [-0.4, -0.2) is 41.8 Å². The largest absolute Gasteiger partial charge is 0.395 e. The first-order chi connectivity index (χ1) is 7.69. The minimum Gasteiger partial charge on any atom is -0.395 e. The molecule has 0 bridgehead atoms. The van der Waals surface area contributed by atoms with E-state index >= 15 is 0 Å². The summed E-state index contributed by atoms with van der Waals surface area (Å²) in [6, 6.07) is 0.126. The highest BCUT2D eigenvalue weighted by Gasteiger charge is 2.26. The third kappa shape index (κ3) is 3.52. The molecule has 0 radical (unpaired) electrons. The number of nitrogens with one attached hydrogen (secondary N) is 1. The Balaban J connectivity index is 2.37. The van der Waals surface area contributed by atoms with Crippen LogP contribution in [-0.2, 0) is 0 Å². The number of nitrogens with zero attached hydrogens (tertiary/aromatic N) is 1. The molecule has 2 amide bonds. The minimum absolute atomic E-state index is 0.0148. The molecule has 0 spiro atoms. The van der Waals surface area contributed by atoms with E-state index in [4.69, 9.17) is 5.11 Å². The molecular weight excluding hydrogens is 204 g/mol. The van der Waals surface area contributed by atoms with Gasteiger partial charge in [0.1, 0.15) is 0 Å². The van der Waals surface area contributed by atoms with Gasteiger partial charge in [-0.25, -0.2) is 4.79 Å². The molecule has 0 aliphatic heterocycles. The van der Waals surface area contributed by atoms with E-state index in [-0.39, 0.29) is 18.7 Å². The van der Waals surface area contributed by atoms with Gasteiger partial charge in [0.25, 0.3) is 0 Å². The molecule has 0 aromatic carbocycles. The molecule has 0 saturated heterocycles. The quantitative estimate of drug-likeness (QED) is 0.672. The third-order valence-electron chi connectivity index (χ3n) is 3.21. The van der Waals surface area contributed by atoms with Gasteiger partial charge >= 0.3 is 6.03 Å². The number of rotatable bonds is 6. The van der Waals surface area contributed by atoms with Crippen molar-refractivity contribution in [2.24, 2.45) is 5.92 Å². The number of hydrogen-bond acceptors (Lipinski definition) is 2. The number of carbonyl (C=O) groups excluding carboxylic acids is 1. The lowest BCUT2D eigenvalue weighted by atomic mass is 9.80. The Morgan fingerprint density at radius 1 is 1.69 bits per heavy atom. The van der Waals surface area contributed by atoms with Gasteiger partial charge in [-0.15, -0.1) is 6.58 Å². The Kier molecular flexibility index (Phi) is 5.32. The predicted molar refractivity (Wildman–Crippen MR) is 64.2 cm³/mol. The molecule has 0 aromatic rings. The van der Waals surface area contributed by atoms with Crippen LogP contribution in [0.15, 0.2) is 12.7 Å². The Morgan fingerprint density at radius 2 is 2.38 bits per heavy atom. The van der Waals surface area contributed by atoms with Crippen LogP contribution in [0, 0.1) is 5.92 Å². The zero-order valence-electron chi connectivity index (χ0n) is 9.98. The molecule has 16 heavy (non-hydrogen) atoms. The van der Waals surface area contributed by atoms with Crippen molar-refractivity contribution in [1.82, 2.24) is 10.2 Å². The lowest BCUT2D eigenvalue weighted by Crippen LogP contribution is -2.48. The minimum atomic E-state index is -0.103. The number of urea groups is 1. The summed E-state index contributed by atoms with van der Waals surface area (Å²) in [7, 11) is 0. The van der Waals surface area contributed by atoms with E-state index in [1.807, 2.05) is 6.92 Å². The third-order valence-corrected chi connectivity index (χ3v) is 3.21. The first-order valence-corrected chi connectivity index (χ1v) is 5.96. The van der Waals surface area contributed by atoms with E-state index in [2.05, 4.69) is 11.9 Å². The summed E-state index contributed by atoms with van der Waals surface area (Å²) in [5.41, 5.74) is 0. The monoisotopic (exact) mass is 226 g/mol. The maximum absolute atomic E-state index is 11.8. The molecule has 4 heteroatoms. The number of aliphatic hydroxyl groups excluding tert-OH is 1. The lowest BCUT2D eigenvalue weighted by Gasteiger charge is -2.33. The van der Waals surface area contributed by atoms with Crippen LogP contribution in [0.25, 0.3) is 0 Å². The van der Waals surface area contributed by atoms with Crippen LogP contribution in [0.2, 0.25) is 0 Å². The standard InChI is InChI=1S/C12H22N2O2/c1-3-7-14(8-9-15)12(16)13-10(2)11-5-4-6-11/h3,10-11,15H,1,4-9H2,2H3,(H,13,16). The van der Waals surface area contributed by atoms with Crippen LogP contribution >= 0.6 is 0 Å². The average molecular weight is 226 g/mol. The average Bonchev–Trinajstić information content (AvgIpc) is 2.14. The zero-order valence-corrected chi connectivity index (χ0v) is 9.98. The second-order valence-corrected chi connectivity index (χ2v) is 4.39. The van der Waals surface area contributed by atoms with Crippen molar-refractivity contribution in [2.75, 3.05) is 19.7 Å². The molecule has 4 nitrogen and oxygen atoms in total. The SMILES string of the molecule is C=CCN(CCO)C(=O)NC(C)C1CCC1. The first kappa shape index (κ1) is 13.0. The Hall–Kier alpha value is -1.03. The Labute approximate surface area is 97.3 Å². The molecule has 1 unspecified atom stereocenters. The lowest BCUT2D eigenvalue weighted by molar-refractivity contribution is 0.169. The summed E-state index contributed by atoms with van der Waals surface area (Å²) in [5.74, 6) is 0.628. The first-order valence-electron chi connectivity index (χ1n) is 5.96. The van der Waals surface area contributed by atoms with E-state index in [1.165, 1.54) is 19.3 Å². The van der Waals surface area contributed by atoms with Crippen molar-refractivity contribution in [1.29, 1.82) is 0 Å². The molecule has 1 rings (SSSR count). The Bertz CT molecular complexity index is 239. The van der Waals surface area contributed by atoms with E-state index in [9.17, 15) is 4.79 Å². The van der Waals surface area contributed by atoms with Crippen molar-refractivity contribution in [2.45, 2.75) is 32.2 Å². The number of hydrogen-bond donors (Lipinski definition) is 2. The summed E-state index contributed by atoms with van der Waals surface area (Å²) < 4.78 is 0. The van der Waals surface area contributed by atoms with E-state index in [0.717, 1.165) is 0 Å². The fourth-order valence-corrected chi connectivity index (χ4v) is 1.90. The smallest absolute Gasteiger partial charge is 0.317 e. The van der Waals surface area contributed by atoms with Crippen LogP contribution in [0.4, 0.5) is 4.79 Å². The molecule has 1 atom stereocenters. The van der Waals surface area contributed by atoms with Crippen LogP contribution < -0.4 is 5.32 Å². The second-order valence-electron chi connectivity index (χ2n) is 4.39. The summed E-state index contributed by atoms with van der Waals surface area (Å²) >= 11 is 0. The van der Waals surface area contributed by atoms with Crippen LogP contribution in [0.3, 0.4) is 0 Å². The van der Waals surface area contributed by atoms with Gasteiger partial charge in [-0.3, -0.25) is 0 Å². The van der Waals surface area contributed by atoms with Crippen LogP contribution in [0.5, 0.6) is 0 Å². The maximum Gasteiger partial charge on any atom is 0.317 e. The van der Waals surface area contributed by atoms with E-state index in [1.54, 1.807) is 11.0 Å². The molecule has 1 fully saturated rings. The highest BCUT2D eigenvalue weighted by atomic mass is 16.3. The summed E-state index contributed by atoms with van der Waals surface area (Å²) in [4.78, 5) is 13.4. The van der Waals surface area contributed by atoms with Crippen molar-refractivity contribution in [3.05, 3.63) is 12.7 Å². The Morgan fingerprint density at radius 3 is 2.81 bits per heavy atom. The van der Waals surface area contributed by atoms with E-state index < -0.39 is 0 Å². The topological polar surface area (TPSA) is 52.6 Å². The molecule has 0 aromatic heterocycles. The van der Waals surface area contributed by atoms with Gasteiger partial charge in [0.2, 0.25) is 0 Å². The van der Waals surface area contributed by atoms with Crippen molar-refractivity contribution >= 4 is 6.03 Å². The van der Waals surface area contributed by atoms with Gasteiger partial charge in [0.05, 0.1) is 6.61 Å². The predicted octanol–water partition coefficient (Wildman–Crippen LogP) is 1.36. The molecular formula is C12H22N2O2. The van der Waals surface area contributed by atoms with Gasteiger partial charge in [-0.05, 0) is 25.7 Å². The fraction of sp³-hybridized carbons (Fsp3) is 0.750. The summed E-state index contributed by atoms with van der Waals surface area (Å²) in [6.45, 7) is 6.47. The number of carbonyl (C=O) groups is 1. The van der Waals surface area contributed by atoms with E-state index in [0.29, 0.717) is 19.0 Å². The normalized spacial score (nSPS) is 17.4.